The zero-order valence-corrected chi connectivity index (χ0v) is 18.5. The Morgan fingerprint density at radius 1 is 1.26 bits per heavy atom. The van der Waals surface area contributed by atoms with Gasteiger partial charge in [-0.2, -0.15) is 18.2 Å². The molecule has 1 unspecified atom stereocenters. The van der Waals surface area contributed by atoms with Gasteiger partial charge in [-0.1, -0.05) is 25.0 Å². The van der Waals surface area contributed by atoms with Crippen molar-refractivity contribution < 1.29 is 62.0 Å². The molecular formula is C17H19F8N3O6S. The van der Waals surface area contributed by atoms with E-state index in [1.807, 2.05) is 5.59 Å². The zero-order chi connectivity index (χ0) is 26.6. The third kappa shape index (κ3) is 6.32. The summed E-state index contributed by atoms with van der Waals surface area (Å²) in [6.45, 7) is 1.88. The van der Waals surface area contributed by atoms with Crippen molar-refractivity contribution in [1.29, 1.82) is 0 Å². The van der Waals surface area contributed by atoms with Crippen LogP contribution in [0, 0.1) is 6.92 Å². The number of aliphatic hydroxyl groups is 1. The Kier molecular flexibility index (Phi) is 6.37. The number of nitrogens with one attached hydrogen (secondary N) is 1. The molecule has 35 heavy (non-hydrogen) atoms. The van der Waals surface area contributed by atoms with E-state index in [-0.39, 0.29) is 30.5 Å². The van der Waals surface area contributed by atoms with Crippen molar-refractivity contribution >= 4 is 22.3 Å². The zero-order valence-electron chi connectivity index (χ0n) is 17.7. The maximum absolute atomic E-state index is 13.5. The van der Waals surface area contributed by atoms with E-state index in [0.29, 0.717) is 6.08 Å². The normalized spacial score (nSPS) is 22.3. The van der Waals surface area contributed by atoms with Gasteiger partial charge in [-0.3, -0.25) is 5.21 Å². The van der Waals surface area contributed by atoms with Crippen LogP contribution >= 0.6 is 10.2 Å². The highest BCUT2D eigenvalue weighted by Gasteiger charge is 2.65. The van der Waals surface area contributed by atoms with Crippen molar-refractivity contribution in [3.8, 4) is 5.75 Å². The lowest BCUT2D eigenvalue weighted by atomic mass is 9.99. The predicted molar refractivity (Wildman–Crippen MR) is 102 cm³/mol. The molecule has 200 valence electrons. The quantitative estimate of drug-likeness (QED) is 0.203. The number of hydrazine groups is 2. The SMILES string of the molecule is Cc1cc(S(F)(F)(F)(F)F)cc2c1O[C@H](C(F)(F)F)C(C(=O)OC(C)ONN(O)N1CC(O)C1)=C2. The molecule has 2 heterocycles. The van der Waals surface area contributed by atoms with Crippen molar-refractivity contribution in [3.63, 3.8) is 0 Å². The molecule has 0 bridgehead atoms. The van der Waals surface area contributed by atoms with Crippen LogP contribution in [-0.4, -0.2) is 64.3 Å². The average Bonchev–Trinajstić information content (AvgIpc) is 2.66. The molecule has 0 radical (unpaired) electrons. The number of halogens is 8. The first kappa shape index (κ1) is 27.4. The van der Waals surface area contributed by atoms with E-state index < -0.39 is 68.2 Å². The summed E-state index contributed by atoms with van der Waals surface area (Å²) in [6, 6.07) is -0.152. The van der Waals surface area contributed by atoms with Gasteiger partial charge in [0.15, 0.2) is 0 Å². The van der Waals surface area contributed by atoms with Gasteiger partial charge in [-0.05, 0) is 42.9 Å². The minimum atomic E-state index is -10.2. The smallest absolute Gasteiger partial charge is 0.430 e. The Morgan fingerprint density at radius 3 is 2.37 bits per heavy atom. The molecule has 2 aliphatic rings. The van der Waals surface area contributed by atoms with Crippen LogP contribution in [0.15, 0.2) is 22.6 Å². The Morgan fingerprint density at radius 2 is 1.86 bits per heavy atom. The summed E-state index contributed by atoms with van der Waals surface area (Å²) < 4.78 is 116. The third-order valence-corrected chi connectivity index (χ3v) is 5.90. The summed E-state index contributed by atoms with van der Waals surface area (Å²) in [6.07, 6.45) is -10.3. The predicted octanol–water partition coefficient (Wildman–Crippen LogP) is 3.97. The number of hydrogen-bond donors (Lipinski definition) is 3. The van der Waals surface area contributed by atoms with Crippen LogP contribution in [0.4, 0.5) is 32.6 Å². The number of nitrogens with zero attached hydrogens (tertiary/aromatic N) is 2. The first-order valence-electron chi connectivity index (χ1n) is 9.53. The highest BCUT2D eigenvalue weighted by molar-refractivity contribution is 8.45. The number of ether oxygens (including phenoxy) is 2. The van der Waals surface area contributed by atoms with Crippen molar-refractivity contribution in [2.24, 2.45) is 0 Å². The number of fused-ring (bicyclic) bond motifs is 1. The first-order valence-corrected chi connectivity index (χ1v) is 11.5. The lowest BCUT2D eigenvalue weighted by molar-refractivity contribution is -0.387. The lowest BCUT2D eigenvalue weighted by Crippen LogP contribution is -2.62. The van der Waals surface area contributed by atoms with Crippen LogP contribution in [0.5, 0.6) is 5.75 Å². The van der Waals surface area contributed by atoms with Gasteiger partial charge in [-0.25, -0.2) is 9.63 Å². The summed E-state index contributed by atoms with van der Waals surface area (Å²) in [7, 11) is -10.2. The molecule has 1 fully saturated rings. The second kappa shape index (κ2) is 8.15. The minimum absolute atomic E-state index is 0.0122. The van der Waals surface area contributed by atoms with Gasteiger partial charge in [0.25, 0.3) is 0 Å². The number of carbonyl (C=O) groups is 1. The van der Waals surface area contributed by atoms with Gasteiger partial charge in [0.2, 0.25) is 12.4 Å². The first-order chi connectivity index (χ1) is 15.7. The molecule has 1 aromatic carbocycles. The number of aliphatic hydroxyl groups excluding tert-OH is 1. The maximum atomic E-state index is 13.5. The van der Waals surface area contributed by atoms with Gasteiger partial charge < -0.3 is 14.6 Å². The summed E-state index contributed by atoms with van der Waals surface area (Å²) >= 11 is 0. The van der Waals surface area contributed by atoms with E-state index in [0.717, 1.165) is 18.9 Å². The summed E-state index contributed by atoms with van der Waals surface area (Å²) in [4.78, 5) is 14.7. The molecule has 1 saturated heterocycles. The Bertz CT molecular complexity index is 1050. The van der Waals surface area contributed by atoms with E-state index in [1.165, 1.54) is 0 Å². The Labute approximate surface area is 192 Å². The lowest BCUT2D eigenvalue weighted by Gasteiger charge is -2.41. The standard InChI is InChI=1S/C17H19F8N3O6S/c1-8-3-12(35(21,22,23,24)25)4-10-5-13(15(17(18,19)20)33-14(8)10)16(30)32-9(2)34-26-28(31)27-6-11(29)7-27/h3-5,9,11,15,26,29,31H,6-7H2,1-2H3/t9?,15-/m0/s1. The van der Waals surface area contributed by atoms with Gasteiger partial charge >= 0.3 is 22.4 Å². The molecular weight excluding hydrogens is 526 g/mol. The Balaban J connectivity index is 1.85. The molecule has 2 atom stereocenters. The van der Waals surface area contributed by atoms with Crippen LogP contribution in [0.1, 0.15) is 18.1 Å². The molecule has 0 amide bonds. The number of carbonyl (C=O) groups excluding carboxylic acids is 1. The number of aryl methyl sites for hydroxylation is 1. The van der Waals surface area contributed by atoms with Crippen molar-refractivity contribution in [2.75, 3.05) is 13.1 Å². The monoisotopic (exact) mass is 545 g/mol. The molecule has 0 saturated carbocycles. The molecule has 18 heteroatoms. The molecule has 9 nitrogen and oxygen atoms in total. The fourth-order valence-electron chi connectivity index (χ4n) is 3.10. The van der Waals surface area contributed by atoms with Crippen molar-refractivity contribution in [3.05, 3.63) is 28.8 Å². The molecule has 3 N–H and O–H groups in total. The molecule has 0 spiro atoms. The molecule has 2 aliphatic heterocycles. The summed E-state index contributed by atoms with van der Waals surface area (Å²) in [5.74, 6) is -2.51. The highest BCUT2D eigenvalue weighted by Crippen LogP contribution is 3.02. The third-order valence-electron chi connectivity index (χ3n) is 4.77. The van der Waals surface area contributed by atoms with Crippen molar-refractivity contribution in [2.45, 2.75) is 43.4 Å². The number of β-amino-alcohol motifs (C(OH)–C–C–N with tert-alkyl or cyclic N) is 1. The molecule has 0 aromatic heterocycles. The Hall–Kier alpha value is -2.22. The van der Waals surface area contributed by atoms with E-state index in [9.17, 15) is 42.6 Å². The highest BCUT2D eigenvalue weighted by atomic mass is 32.5. The van der Waals surface area contributed by atoms with Crippen LogP contribution in [0.25, 0.3) is 6.08 Å². The van der Waals surface area contributed by atoms with Gasteiger partial charge in [0.05, 0.1) is 11.7 Å². The van der Waals surface area contributed by atoms with E-state index in [2.05, 4.69) is 4.74 Å². The van der Waals surface area contributed by atoms with E-state index in [4.69, 9.17) is 14.7 Å². The number of benzene rings is 1. The van der Waals surface area contributed by atoms with Gasteiger partial charge in [-0.15, -0.1) is 0 Å². The molecule has 0 aliphatic carbocycles. The van der Waals surface area contributed by atoms with Crippen LogP contribution in [0.2, 0.25) is 0 Å². The summed E-state index contributed by atoms with van der Waals surface area (Å²) in [5.41, 5.74) is -0.974. The van der Waals surface area contributed by atoms with Crippen LogP contribution < -0.4 is 10.3 Å². The van der Waals surface area contributed by atoms with E-state index in [1.54, 1.807) is 0 Å². The summed E-state index contributed by atoms with van der Waals surface area (Å²) in [5, 5.41) is 20.1. The van der Waals surface area contributed by atoms with Crippen LogP contribution in [0.3, 0.4) is 0 Å². The fourth-order valence-corrected chi connectivity index (χ4v) is 3.85. The minimum Gasteiger partial charge on any atom is -0.475 e. The second-order valence-electron chi connectivity index (χ2n) is 7.76. The van der Waals surface area contributed by atoms with Gasteiger partial charge in [0.1, 0.15) is 10.6 Å². The topological polar surface area (TPSA) is 104 Å². The number of rotatable bonds is 7. The van der Waals surface area contributed by atoms with Crippen LogP contribution in [-0.2, 0) is 14.4 Å². The van der Waals surface area contributed by atoms with Crippen molar-refractivity contribution in [1.82, 2.24) is 15.9 Å². The second-order valence-corrected chi connectivity index (χ2v) is 10.2. The number of esters is 1. The fraction of sp³-hybridized carbons (Fsp3) is 0.471. The maximum Gasteiger partial charge on any atom is 0.430 e. The molecule has 3 rings (SSSR count). The van der Waals surface area contributed by atoms with E-state index >= 15 is 0 Å². The van der Waals surface area contributed by atoms with Gasteiger partial charge in [0, 0.05) is 18.7 Å². The number of alkyl halides is 3. The average molecular weight is 545 g/mol. The number of hydrogen-bond acceptors (Lipinski definition) is 9. The molecule has 1 aromatic rings. The largest absolute Gasteiger partial charge is 0.475 e.